The molecule has 0 spiro atoms. The van der Waals surface area contributed by atoms with E-state index in [1.54, 1.807) is 24.3 Å². The quantitative estimate of drug-likeness (QED) is 0.329. The van der Waals surface area contributed by atoms with E-state index < -0.39 is 12.5 Å². The third-order valence-electron chi connectivity index (χ3n) is 6.82. The summed E-state index contributed by atoms with van der Waals surface area (Å²) in [6.45, 7) is 6.07. The molecule has 1 atom stereocenters. The Bertz CT molecular complexity index is 1310. The number of amides is 1. The molecule has 1 N–H and O–H groups in total. The molecule has 0 aromatic heterocycles. The predicted molar refractivity (Wildman–Crippen MR) is 147 cm³/mol. The lowest BCUT2D eigenvalue weighted by Gasteiger charge is -2.36. The van der Waals surface area contributed by atoms with Crippen molar-refractivity contribution in [3.05, 3.63) is 98.5 Å². The average molecular weight is 540 g/mol. The fourth-order valence-electron chi connectivity index (χ4n) is 4.72. The Morgan fingerprint density at radius 3 is 2.49 bits per heavy atom. The van der Waals surface area contributed by atoms with Crippen LogP contribution in [0.25, 0.3) is 0 Å². The van der Waals surface area contributed by atoms with Crippen molar-refractivity contribution in [2.45, 2.75) is 58.1 Å². The lowest BCUT2D eigenvalue weighted by Crippen LogP contribution is -2.39. The fourth-order valence-corrected chi connectivity index (χ4v) is 5.10. The molecule has 1 aliphatic heterocycles. The Labute approximate surface area is 228 Å². The van der Waals surface area contributed by atoms with Gasteiger partial charge in [0.15, 0.2) is 0 Å². The van der Waals surface area contributed by atoms with Gasteiger partial charge in [0.1, 0.15) is 17.9 Å². The first-order valence-electron chi connectivity index (χ1n) is 12.4. The molecule has 0 saturated heterocycles. The summed E-state index contributed by atoms with van der Waals surface area (Å²) in [5.41, 5.74) is 4.13. The van der Waals surface area contributed by atoms with Crippen LogP contribution in [0.5, 0.6) is 5.75 Å². The van der Waals surface area contributed by atoms with E-state index in [2.05, 4.69) is 45.0 Å². The Morgan fingerprint density at radius 2 is 1.81 bits per heavy atom. The summed E-state index contributed by atoms with van der Waals surface area (Å²) >= 11 is 12.4. The number of fused-ring (bicyclic) bond motifs is 1. The van der Waals surface area contributed by atoms with Crippen molar-refractivity contribution in [1.29, 1.82) is 0 Å². The van der Waals surface area contributed by atoms with E-state index in [0.717, 1.165) is 30.6 Å². The number of benzene rings is 3. The first-order chi connectivity index (χ1) is 17.5. The van der Waals surface area contributed by atoms with E-state index in [9.17, 15) is 14.7 Å². The molecule has 3 aromatic carbocycles. The monoisotopic (exact) mass is 539 g/mol. The molecule has 1 heterocycles. The Kier molecular flexibility index (Phi) is 8.15. The van der Waals surface area contributed by atoms with Gasteiger partial charge in [0.05, 0.1) is 10.0 Å². The van der Waals surface area contributed by atoms with Gasteiger partial charge >= 0.3 is 5.97 Å². The van der Waals surface area contributed by atoms with Crippen LogP contribution in [0.4, 0.5) is 0 Å². The number of nitrogens with zero attached hydrogens (tertiary/aromatic N) is 1. The summed E-state index contributed by atoms with van der Waals surface area (Å²) in [7, 11) is 0. The number of carbonyl (C=O) groups is 2. The molecule has 0 saturated carbocycles. The van der Waals surface area contributed by atoms with E-state index in [4.69, 9.17) is 27.9 Å². The van der Waals surface area contributed by atoms with Crippen LogP contribution >= 0.6 is 23.2 Å². The molecule has 7 heteroatoms. The second kappa shape index (κ2) is 11.2. The number of hydrogen-bond donors (Lipinski definition) is 1. The second-order valence-corrected chi connectivity index (χ2v) is 11.0. The molecule has 3 aromatic rings. The van der Waals surface area contributed by atoms with Gasteiger partial charge in [0, 0.05) is 18.5 Å². The van der Waals surface area contributed by atoms with Crippen molar-refractivity contribution >= 4 is 35.1 Å². The highest BCUT2D eigenvalue weighted by Crippen LogP contribution is 2.36. The molecule has 194 valence electrons. The fraction of sp³-hybridized carbons (Fsp3) is 0.333. The Balaban J connectivity index is 1.51. The molecule has 0 bridgehead atoms. The zero-order valence-corrected chi connectivity index (χ0v) is 22.8. The molecule has 37 heavy (non-hydrogen) atoms. The van der Waals surface area contributed by atoms with Gasteiger partial charge in [-0.05, 0) is 72.2 Å². The number of carboxylic acids is 1. The summed E-state index contributed by atoms with van der Waals surface area (Å²) in [5, 5.41) is 10.1. The van der Waals surface area contributed by atoms with Gasteiger partial charge in [-0.15, -0.1) is 0 Å². The van der Waals surface area contributed by atoms with Crippen LogP contribution in [0.2, 0.25) is 10.0 Å². The molecule has 1 aliphatic rings. The summed E-state index contributed by atoms with van der Waals surface area (Å²) in [6, 6.07) is 19.1. The first kappa shape index (κ1) is 27.0. The zero-order chi connectivity index (χ0) is 26.7. The summed E-state index contributed by atoms with van der Waals surface area (Å²) in [4.78, 5) is 26.1. The topological polar surface area (TPSA) is 66.8 Å². The predicted octanol–water partition coefficient (Wildman–Crippen LogP) is 7.17. The number of hydrogen-bond acceptors (Lipinski definition) is 3. The van der Waals surface area contributed by atoms with Gasteiger partial charge in [0.25, 0.3) is 5.91 Å². The molecule has 0 fully saturated rings. The van der Waals surface area contributed by atoms with Gasteiger partial charge in [-0.25, -0.2) is 0 Å². The minimum absolute atomic E-state index is 0.0335. The number of aryl methyl sites for hydroxylation is 1. The van der Waals surface area contributed by atoms with E-state index in [0.29, 0.717) is 27.1 Å². The van der Waals surface area contributed by atoms with Crippen LogP contribution in [-0.2, 0) is 24.2 Å². The number of carboxylic acid groups (broad SMARTS) is 1. The number of rotatable bonds is 8. The van der Waals surface area contributed by atoms with Crippen LogP contribution in [0, 0.1) is 0 Å². The number of carbonyl (C=O) groups excluding carboxylic acids is 1. The lowest BCUT2D eigenvalue weighted by molar-refractivity contribution is -0.137. The van der Waals surface area contributed by atoms with Gasteiger partial charge < -0.3 is 14.7 Å². The van der Waals surface area contributed by atoms with Crippen LogP contribution in [-0.4, -0.2) is 34.0 Å². The van der Waals surface area contributed by atoms with Crippen molar-refractivity contribution in [1.82, 2.24) is 4.90 Å². The van der Waals surface area contributed by atoms with Gasteiger partial charge in [-0.2, -0.15) is 0 Å². The third kappa shape index (κ3) is 6.46. The standard InChI is InChI=1S/C30H31Cl2NO4/c1-19(2)21-9-7-20(8-10-21)16-30(3)14-13-22-15-23(11-12-26(22)37-30)29(36)33(18-27(34)35)17-24-5-4-6-25(31)28(24)32/h4-12,15,19H,13-14,16-18H2,1-3H3,(H,34,35). The smallest absolute Gasteiger partial charge is 0.323 e. The maximum Gasteiger partial charge on any atom is 0.323 e. The average Bonchev–Trinajstić information content (AvgIpc) is 2.85. The molecule has 0 aliphatic carbocycles. The minimum atomic E-state index is -1.11. The largest absolute Gasteiger partial charge is 0.487 e. The van der Waals surface area contributed by atoms with Crippen molar-refractivity contribution in [3.63, 3.8) is 0 Å². The molecular weight excluding hydrogens is 509 g/mol. The molecular formula is C30H31Cl2NO4. The van der Waals surface area contributed by atoms with Gasteiger partial charge in [-0.3, -0.25) is 9.59 Å². The maximum absolute atomic E-state index is 13.4. The molecule has 1 unspecified atom stereocenters. The summed E-state index contributed by atoms with van der Waals surface area (Å²) in [5.74, 6) is -0.246. The van der Waals surface area contributed by atoms with Crippen molar-refractivity contribution in [3.8, 4) is 5.75 Å². The molecule has 1 amide bonds. The maximum atomic E-state index is 13.4. The van der Waals surface area contributed by atoms with Crippen LogP contribution in [0.1, 0.15) is 65.7 Å². The van der Waals surface area contributed by atoms with Gasteiger partial charge in [-0.1, -0.05) is 73.4 Å². The lowest BCUT2D eigenvalue weighted by atomic mass is 9.86. The highest BCUT2D eigenvalue weighted by atomic mass is 35.5. The zero-order valence-electron chi connectivity index (χ0n) is 21.3. The van der Waals surface area contributed by atoms with Crippen molar-refractivity contribution in [2.75, 3.05) is 6.54 Å². The Hall–Kier alpha value is -3.02. The van der Waals surface area contributed by atoms with Gasteiger partial charge in [0.2, 0.25) is 0 Å². The van der Waals surface area contributed by atoms with E-state index >= 15 is 0 Å². The number of halogens is 2. The highest BCUT2D eigenvalue weighted by Gasteiger charge is 2.32. The van der Waals surface area contributed by atoms with E-state index in [-0.39, 0.29) is 18.1 Å². The first-order valence-corrected chi connectivity index (χ1v) is 13.1. The minimum Gasteiger partial charge on any atom is -0.487 e. The SMILES string of the molecule is CC(C)c1ccc(CC2(C)CCc3cc(C(=O)N(CC(=O)O)Cc4cccc(Cl)c4Cl)ccc3O2)cc1. The van der Waals surface area contributed by atoms with E-state index in [1.165, 1.54) is 16.0 Å². The molecule has 4 rings (SSSR count). The Morgan fingerprint density at radius 1 is 1.08 bits per heavy atom. The summed E-state index contributed by atoms with van der Waals surface area (Å²) < 4.78 is 6.43. The highest BCUT2D eigenvalue weighted by molar-refractivity contribution is 6.42. The number of ether oxygens (including phenoxy) is 1. The van der Waals surface area contributed by atoms with Crippen molar-refractivity contribution < 1.29 is 19.4 Å². The third-order valence-corrected chi connectivity index (χ3v) is 7.68. The normalized spacial score (nSPS) is 16.7. The van der Waals surface area contributed by atoms with Crippen LogP contribution in [0.3, 0.4) is 0 Å². The van der Waals surface area contributed by atoms with E-state index in [1.807, 2.05) is 12.1 Å². The van der Waals surface area contributed by atoms with Crippen LogP contribution in [0.15, 0.2) is 60.7 Å². The summed E-state index contributed by atoms with van der Waals surface area (Å²) in [6.07, 6.45) is 2.36. The molecule has 0 radical (unpaired) electrons. The molecule has 5 nitrogen and oxygen atoms in total. The number of aliphatic carboxylic acids is 1. The van der Waals surface area contributed by atoms with Crippen molar-refractivity contribution in [2.24, 2.45) is 0 Å². The second-order valence-electron chi connectivity index (χ2n) is 10.2. The van der Waals surface area contributed by atoms with Crippen LogP contribution < -0.4 is 4.74 Å².